The number of hydrogen-bond acceptors (Lipinski definition) is 3. The zero-order chi connectivity index (χ0) is 20.8. The highest BCUT2D eigenvalue weighted by molar-refractivity contribution is 6.31. The van der Waals surface area contributed by atoms with Crippen LogP contribution in [0.1, 0.15) is 24.1 Å². The van der Waals surface area contributed by atoms with Crippen molar-refractivity contribution in [3.63, 3.8) is 0 Å². The lowest BCUT2D eigenvalue weighted by Gasteiger charge is -2.34. The van der Waals surface area contributed by atoms with Crippen molar-refractivity contribution in [2.75, 3.05) is 32.7 Å². The highest BCUT2D eigenvalue weighted by Gasteiger charge is 2.23. The number of nitrogens with one attached hydrogen (secondary N) is 1. The summed E-state index contributed by atoms with van der Waals surface area (Å²) in [7, 11) is 0. The lowest BCUT2D eigenvalue weighted by atomic mass is 10.1. The number of carbonyl (C=O) groups excluding carboxylic acids is 2. The summed E-state index contributed by atoms with van der Waals surface area (Å²) < 4.78 is 13.0. The first-order valence-corrected chi connectivity index (χ1v) is 10.1. The summed E-state index contributed by atoms with van der Waals surface area (Å²) in [5.41, 5.74) is 1.69. The molecule has 1 unspecified atom stereocenters. The Bertz CT molecular complexity index is 851. The Balaban J connectivity index is 1.43. The van der Waals surface area contributed by atoms with Gasteiger partial charge in [0.15, 0.2) is 0 Å². The van der Waals surface area contributed by atoms with Crippen LogP contribution in [0.15, 0.2) is 48.5 Å². The topological polar surface area (TPSA) is 52.7 Å². The van der Waals surface area contributed by atoms with Crippen LogP contribution in [0, 0.1) is 5.82 Å². The van der Waals surface area contributed by atoms with Crippen LogP contribution in [0.3, 0.4) is 0 Å². The smallest absolute Gasteiger partial charge is 0.234 e. The van der Waals surface area contributed by atoms with E-state index >= 15 is 0 Å². The Morgan fingerprint density at radius 3 is 2.38 bits per heavy atom. The van der Waals surface area contributed by atoms with Crippen LogP contribution in [-0.4, -0.2) is 54.3 Å². The molecule has 0 aliphatic carbocycles. The number of hydrogen-bond donors (Lipinski definition) is 1. The van der Waals surface area contributed by atoms with Gasteiger partial charge < -0.3 is 10.2 Å². The Morgan fingerprint density at radius 1 is 1.07 bits per heavy atom. The number of piperazine rings is 1. The van der Waals surface area contributed by atoms with Crippen molar-refractivity contribution in [1.29, 1.82) is 0 Å². The first-order valence-electron chi connectivity index (χ1n) is 9.71. The molecule has 5 nitrogen and oxygen atoms in total. The molecule has 1 fully saturated rings. The predicted octanol–water partition coefficient (Wildman–Crippen LogP) is 3.04. The van der Waals surface area contributed by atoms with Gasteiger partial charge in [-0.1, -0.05) is 41.9 Å². The largest absolute Gasteiger partial charge is 0.348 e. The number of amides is 2. The van der Waals surface area contributed by atoms with Gasteiger partial charge in [0.1, 0.15) is 5.82 Å². The van der Waals surface area contributed by atoms with Crippen molar-refractivity contribution >= 4 is 23.4 Å². The number of benzene rings is 2. The molecule has 2 aromatic rings. The van der Waals surface area contributed by atoms with E-state index in [0.717, 1.165) is 11.1 Å². The molecule has 1 heterocycles. The second-order valence-electron chi connectivity index (χ2n) is 7.27. The standard InChI is InChI=1S/C22H25ClFN3O2/c1-16(19-4-2-3-5-20(19)23)25-21(28)15-26-10-12-27(13-11-26)22(29)14-17-6-8-18(24)9-7-17/h2-9,16H,10-15H2,1H3,(H,25,28). The highest BCUT2D eigenvalue weighted by Crippen LogP contribution is 2.22. The van der Waals surface area contributed by atoms with Crippen molar-refractivity contribution in [3.05, 3.63) is 70.5 Å². The Labute approximate surface area is 175 Å². The van der Waals surface area contributed by atoms with Crippen molar-refractivity contribution in [2.24, 2.45) is 0 Å². The molecular formula is C22H25ClFN3O2. The summed E-state index contributed by atoms with van der Waals surface area (Å²) in [6.07, 6.45) is 0.260. The molecule has 1 aliphatic heterocycles. The van der Waals surface area contributed by atoms with Gasteiger partial charge >= 0.3 is 0 Å². The molecule has 3 rings (SSSR count). The molecule has 1 aliphatic rings. The summed E-state index contributed by atoms with van der Waals surface area (Å²) in [5, 5.41) is 3.61. The van der Waals surface area contributed by atoms with E-state index in [-0.39, 0.29) is 36.6 Å². The number of rotatable bonds is 6. The maximum atomic E-state index is 13.0. The SMILES string of the molecule is CC(NC(=O)CN1CCN(C(=O)Cc2ccc(F)cc2)CC1)c1ccccc1Cl. The van der Waals surface area contributed by atoms with Crippen LogP contribution in [0.2, 0.25) is 5.02 Å². The molecule has 0 radical (unpaired) electrons. The monoisotopic (exact) mass is 417 g/mol. The fourth-order valence-corrected chi connectivity index (χ4v) is 3.74. The zero-order valence-corrected chi connectivity index (χ0v) is 17.2. The quantitative estimate of drug-likeness (QED) is 0.786. The summed E-state index contributed by atoms with van der Waals surface area (Å²) >= 11 is 6.19. The van der Waals surface area contributed by atoms with E-state index < -0.39 is 0 Å². The number of nitrogens with zero attached hydrogens (tertiary/aromatic N) is 2. The van der Waals surface area contributed by atoms with Crippen molar-refractivity contribution < 1.29 is 14.0 Å². The van der Waals surface area contributed by atoms with Crippen LogP contribution in [0.25, 0.3) is 0 Å². The van der Waals surface area contributed by atoms with Gasteiger partial charge in [0.25, 0.3) is 0 Å². The van der Waals surface area contributed by atoms with Gasteiger partial charge in [0, 0.05) is 31.2 Å². The van der Waals surface area contributed by atoms with E-state index in [2.05, 4.69) is 5.32 Å². The number of halogens is 2. The molecule has 0 aromatic heterocycles. The highest BCUT2D eigenvalue weighted by atomic mass is 35.5. The minimum Gasteiger partial charge on any atom is -0.348 e. The third-order valence-electron chi connectivity index (χ3n) is 5.11. The lowest BCUT2D eigenvalue weighted by Crippen LogP contribution is -2.51. The molecule has 2 amide bonds. The maximum Gasteiger partial charge on any atom is 0.234 e. The fourth-order valence-electron chi connectivity index (χ4n) is 3.44. The van der Waals surface area contributed by atoms with Crippen LogP contribution in [-0.2, 0) is 16.0 Å². The third-order valence-corrected chi connectivity index (χ3v) is 5.45. The first-order chi connectivity index (χ1) is 13.9. The molecule has 1 N–H and O–H groups in total. The molecule has 29 heavy (non-hydrogen) atoms. The van der Waals surface area contributed by atoms with E-state index in [1.807, 2.05) is 36.1 Å². The molecule has 2 aromatic carbocycles. The molecular weight excluding hydrogens is 393 g/mol. The maximum absolute atomic E-state index is 13.0. The summed E-state index contributed by atoms with van der Waals surface area (Å²) in [5.74, 6) is -0.353. The van der Waals surface area contributed by atoms with Crippen molar-refractivity contribution in [1.82, 2.24) is 15.1 Å². The van der Waals surface area contributed by atoms with E-state index in [0.29, 0.717) is 31.2 Å². The fraction of sp³-hybridized carbons (Fsp3) is 0.364. The molecule has 1 atom stereocenters. The summed E-state index contributed by atoms with van der Waals surface area (Å²) in [6.45, 7) is 4.63. The Morgan fingerprint density at radius 2 is 1.72 bits per heavy atom. The van der Waals surface area contributed by atoms with Gasteiger partial charge in [-0.3, -0.25) is 14.5 Å². The predicted molar refractivity (Wildman–Crippen MR) is 111 cm³/mol. The molecule has 0 spiro atoms. The van der Waals surface area contributed by atoms with Gasteiger partial charge in [-0.2, -0.15) is 0 Å². The Kier molecular flexibility index (Phi) is 7.23. The van der Waals surface area contributed by atoms with Gasteiger partial charge in [-0.15, -0.1) is 0 Å². The zero-order valence-electron chi connectivity index (χ0n) is 16.4. The van der Waals surface area contributed by atoms with Crippen molar-refractivity contribution in [3.8, 4) is 0 Å². The minimum absolute atomic E-state index is 0.0213. The van der Waals surface area contributed by atoms with Crippen molar-refractivity contribution in [2.45, 2.75) is 19.4 Å². The molecule has 7 heteroatoms. The average molecular weight is 418 g/mol. The first kappa shape index (κ1) is 21.3. The van der Waals surface area contributed by atoms with E-state index in [4.69, 9.17) is 11.6 Å². The normalized spacial score (nSPS) is 15.8. The molecule has 154 valence electrons. The summed E-state index contributed by atoms with van der Waals surface area (Å²) in [4.78, 5) is 28.7. The average Bonchev–Trinajstić information content (AvgIpc) is 2.70. The van der Waals surface area contributed by atoms with Gasteiger partial charge in [-0.25, -0.2) is 4.39 Å². The van der Waals surface area contributed by atoms with Gasteiger partial charge in [0.05, 0.1) is 19.0 Å². The van der Waals surface area contributed by atoms with Crippen LogP contribution in [0.5, 0.6) is 0 Å². The molecule has 0 bridgehead atoms. The van der Waals surface area contributed by atoms with Crippen LogP contribution >= 0.6 is 11.6 Å². The number of carbonyl (C=O) groups is 2. The second kappa shape index (κ2) is 9.85. The van der Waals surface area contributed by atoms with Gasteiger partial charge in [-0.05, 0) is 36.2 Å². The lowest BCUT2D eigenvalue weighted by molar-refractivity contribution is -0.132. The van der Waals surface area contributed by atoms with E-state index in [1.54, 1.807) is 17.0 Å². The van der Waals surface area contributed by atoms with Crippen LogP contribution in [0.4, 0.5) is 4.39 Å². The second-order valence-corrected chi connectivity index (χ2v) is 7.68. The van der Waals surface area contributed by atoms with Crippen LogP contribution < -0.4 is 5.32 Å². The molecule has 1 saturated heterocycles. The minimum atomic E-state index is -0.308. The van der Waals surface area contributed by atoms with E-state index in [1.165, 1.54) is 12.1 Å². The summed E-state index contributed by atoms with van der Waals surface area (Å²) in [6, 6.07) is 13.3. The Hall–Kier alpha value is -2.44. The third kappa shape index (κ3) is 6.02. The van der Waals surface area contributed by atoms with E-state index in [9.17, 15) is 14.0 Å². The molecule has 0 saturated carbocycles. The van der Waals surface area contributed by atoms with Gasteiger partial charge in [0.2, 0.25) is 11.8 Å².